The minimum absolute atomic E-state index is 0.434. The largest absolute Gasteiger partial charge is 0.467 e. The highest BCUT2D eigenvalue weighted by atomic mass is 16.5. The van der Waals surface area contributed by atoms with Crippen LogP contribution in [-0.4, -0.2) is 24.3 Å². The molecule has 3 heteroatoms. The maximum absolute atomic E-state index is 10.7. The van der Waals surface area contributed by atoms with E-state index in [9.17, 15) is 4.79 Å². The van der Waals surface area contributed by atoms with Crippen molar-refractivity contribution in [2.24, 2.45) is 0 Å². The van der Waals surface area contributed by atoms with Crippen LogP contribution in [0.25, 0.3) is 0 Å². The van der Waals surface area contributed by atoms with Crippen molar-refractivity contribution < 1.29 is 14.6 Å². The van der Waals surface area contributed by atoms with Gasteiger partial charge in [0.25, 0.3) is 0 Å². The highest BCUT2D eigenvalue weighted by Crippen LogP contribution is 2.00. The summed E-state index contributed by atoms with van der Waals surface area (Å²) in [6.07, 6.45) is 5.11. The number of methoxy groups -OCH3 is 1. The van der Waals surface area contributed by atoms with Gasteiger partial charge in [-0.3, -0.25) is 0 Å². The number of hydrogen-bond acceptors (Lipinski definition) is 3. The molecular weight excluding hydrogens is 156 g/mol. The molecule has 0 aliphatic heterocycles. The van der Waals surface area contributed by atoms with Gasteiger partial charge in [-0.1, -0.05) is 19.1 Å². The molecule has 0 radical (unpaired) electrons. The Balaban J connectivity index is 3.50. The molecule has 0 heterocycles. The SMILES string of the molecule is CC/C=C/CCC(O)C(=O)OC. The number of aliphatic hydroxyl groups is 1. The molecule has 0 fully saturated rings. The average Bonchev–Trinajstić information content (AvgIpc) is 2.10. The third-order valence-corrected chi connectivity index (χ3v) is 1.48. The van der Waals surface area contributed by atoms with E-state index in [2.05, 4.69) is 4.74 Å². The zero-order valence-electron chi connectivity index (χ0n) is 7.62. The van der Waals surface area contributed by atoms with Crippen LogP contribution < -0.4 is 0 Å². The lowest BCUT2D eigenvalue weighted by Gasteiger charge is -2.05. The van der Waals surface area contributed by atoms with Crippen LogP contribution in [-0.2, 0) is 9.53 Å². The zero-order chi connectivity index (χ0) is 9.40. The molecule has 0 aliphatic carbocycles. The van der Waals surface area contributed by atoms with Crippen molar-refractivity contribution in [1.82, 2.24) is 0 Å². The Morgan fingerprint density at radius 2 is 2.25 bits per heavy atom. The Bertz CT molecular complexity index is 152. The summed E-state index contributed by atoms with van der Waals surface area (Å²) in [5.74, 6) is -0.556. The summed E-state index contributed by atoms with van der Waals surface area (Å²) in [7, 11) is 1.27. The van der Waals surface area contributed by atoms with E-state index in [0.29, 0.717) is 12.8 Å². The molecule has 70 valence electrons. The van der Waals surface area contributed by atoms with E-state index in [4.69, 9.17) is 5.11 Å². The van der Waals surface area contributed by atoms with Crippen LogP contribution in [0.3, 0.4) is 0 Å². The number of allylic oxidation sites excluding steroid dienone is 2. The molecule has 1 atom stereocenters. The van der Waals surface area contributed by atoms with E-state index < -0.39 is 12.1 Å². The molecule has 0 saturated heterocycles. The first-order chi connectivity index (χ1) is 5.72. The Kier molecular flexibility index (Phi) is 6.38. The van der Waals surface area contributed by atoms with E-state index in [0.717, 1.165) is 6.42 Å². The monoisotopic (exact) mass is 172 g/mol. The number of rotatable bonds is 5. The van der Waals surface area contributed by atoms with Gasteiger partial charge < -0.3 is 9.84 Å². The summed E-state index contributed by atoms with van der Waals surface area (Å²) in [6, 6.07) is 0. The molecule has 0 aromatic carbocycles. The zero-order valence-corrected chi connectivity index (χ0v) is 7.62. The van der Waals surface area contributed by atoms with Crippen molar-refractivity contribution in [3.63, 3.8) is 0 Å². The molecule has 0 aromatic rings. The van der Waals surface area contributed by atoms with E-state index in [1.165, 1.54) is 7.11 Å². The number of hydrogen-bond donors (Lipinski definition) is 1. The van der Waals surface area contributed by atoms with Gasteiger partial charge in [0, 0.05) is 0 Å². The second-order valence-corrected chi connectivity index (χ2v) is 2.50. The number of esters is 1. The van der Waals surface area contributed by atoms with Gasteiger partial charge >= 0.3 is 5.97 Å². The fourth-order valence-corrected chi connectivity index (χ4v) is 0.793. The molecule has 0 rings (SSSR count). The van der Waals surface area contributed by atoms with Crippen molar-refractivity contribution >= 4 is 5.97 Å². The van der Waals surface area contributed by atoms with Gasteiger partial charge in [0.2, 0.25) is 0 Å². The summed E-state index contributed by atoms with van der Waals surface area (Å²) < 4.78 is 4.36. The van der Waals surface area contributed by atoms with Crippen LogP contribution in [0.4, 0.5) is 0 Å². The van der Waals surface area contributed by atoms with Crippen LogP contribution in [0.1, 0.15) is 26.2 Å². The number of carbonyl (C=O) groups is 1. The smallest absolute Gasteiger partial charge is 0.334 e. The van der Waals surface area contributed by atoms with Crippen molar-refractivity contribution in [2.45, 2.75) is 32.3 Å². The number of ether oxygens (including phenoxy) is 1. The number of carbonyl (C=O) groups excluding carboxylic acids is 1. The minimum atomic E-state index is -0.975. The van der Waals surface area contributed by atoms with Crippen molar-refractivity contribution in [3.05, 3.63) is 12.2 Å². The maximum atomic E-state index is 10.7. The fourth-order valence-electron chi connectivity index (χ4n) is 0.793. The Hall–Kier alpha value is -0.830. The summed E-state index contributed by atoms with van der Waals surface area (Å²) in [5, 5.41) is 9.11. The van der Waals surface area contributed by atoms with Crippen LogP contribution in [0.5, 0.6) is 0 Å². The number of aliphatic hydroxyl groups excluding tert-OH is 1. The molecule has 3 nitrogen and oxygen atoms in total. The predicted molar refractivity (Wildman–Crippen MR) is 46.7 cm³/mol. The summed E-state index contributed by atoms with van der Waals surface area (Å²) in [4.78, 5) is 10.7. The van der Waals surface area contributed by atoms with Crippen molar-refractivity contribution in [1.29, 1.82) is 0 Å². The lowest BCUT2D eigenvalue weighted by atomic mass is 10.2. The van der Waals surface area contributed by atoms with E-state index in [-0.39, 0.29) is 0 Å². The van der Waals surface area contributed by atoms with Gasteiger partial charge in [-0.25, -0.2) is 4.79 Å². The maximum Gasteiger partial charge on any atom is 0.334 e. The third-order valence-electron chi connectivity index (χ3n) is 1.48. The summed E-state index contributed by atoms with van der Waals surface area (Å²) >= 11 is 0. The standard InChI is InChI=1S/C9H16O3/c1-3-4-5-6-7-8(10)9(11)12-2/h4-5,8,10H,3,6-7H2,1-2H3/b5-4+. The van der Waals surface area contributed by atoms with Gasteiger partial charge in [0.15, 0.2) is 6.10 Å². The second-order valence-electron chi connectivity index (χ2n) is 2.50. The van der Waals surface area contributed by atoms with Gasteiger partial charge in [0.1, 0.15) is 0 Å². The van der Waals surface area contributed by atoms with Gasteiger partial charge in [0.05, 0.1) is 7.11 Å². The van der Waals surface area contributed by atoms with Crippen molar-refractivity contribution in [2.75, 3.05) is 7.11 Å². The molecule has 0 aliphatic rings. The normalized spacial score (nSPS) is 13.2. The molecule has 0 spiro atoms. The Labute approximate surface area is 73.0 Å². The molecule has 1 unspecified atom stereocenters. The van der Waals surface area contributed by atoms with E-state index in [1.54, 1.807) is 0 Å². The first kappa shape index (κ1) is 11.2. The summed E-state index contributed by atoms with van der Waals surface area (Å²) in [5.41, 5.74) is 0. The molecule has 0 bridgehead atoms. The van der Waals surface area contributed by atoms with Gasteiger partial charge in [-0.15, -0.1) is 0 Å². The predicted octanol–water partition coefficient (Wildman–Crippen LogP) is 1.27. The van der Waals surface area contributed by atoms with E-state index >= 15 is 0 Å². The quantitative estimate of drug-likeness (QED) is 0.501. The fraction of sp³-hybridized carbons (Fsp3) is 0.667. The second kappa shape index (κ2) is 6.85. The average molecular weight is 172 g/mol. The first-order valence-corrected chi connectivity index (χ1v) is 4.13. The Morgan fingerprint density at radius 1 is 1.58 bits per heavy atom. The van der Waals surface area contributed by atoms with E-state index in [1.807, 2.05) is 19.1 Å². The molecular formula is C9H16O3. The highest BCUT2D eigenvalue weighted by Gasteiger charge is 2.12. The topological polar surface area (TPSA) is 46.5 Å². The van der Waals surface area contributed by atoms with Crippen LogP contribution in [0, 0.1) is 0 Å². The molecule has 1 N–H and O–H groups in total. The lowest BCUT2D eigenvalue weighted by molar-refractivity contribution is -0.150. The lowest BCUT2D eigenvalue weighted by Crippen LogP contribution is -2.21. The van der Waals surface area contributed by atoms with Crippen LogP contribution in [0.15, 0.2) is 12.2 Å². The summed E-state index contributed by atoms with van der Waals surface area (Å²) in [6.45, 7) is 2.03. The third kappa shape index (κ3) is 4.91. The minimum Gasteiger partial charge on any atom is -0.467 e. The van der Waals surface area contributed by atoms with Gasteiger partial charge in [-0.2, -0.15) is 0 Å². The van der Waals surface area contributed by atoms with Crippen LogP contribution in [0.2, 0.25) is 0 Å². The van der Waals surface area contributed by atoms with Crippen molar-refractivity contribution in [3.8, 4) is 0 Å². The van der Waals surface area contributed by atoms with Gasteiger partial charge in [-0.05, 0) is 19.3 Å². The van der Waals surface area contributed by atoms with Crippen LogP contribution >= 0.6 is 0 Å². The Morgan fingerprint density at radius 3 is 2.75 bits per heavy atom. The molecule has 0 saturated carbocycles. The highest BCUT2D eigenvalue weighted by molar-refractivity contribution is 5.74. The molecule has 0 amide bonds. The molecule has 0 aromatic heterocycles. The first-order valence-electron chi connectivity index (χ1n) is 4.13. The molecule has 12 heavy (non-hydrogen) atoms.